The molecule has 0 saturated carbocycles. The van der Waals surface area contributed by atoms with Gasteiger partial charge in [-0.1, -0.05) is 11.2 Å². The molecule has 0 saturated heterocycles. The van der Waals surface area contributed by atoms with Gasteiger partial charge >= 0.3 is 0 Å². The van der Waals surface area contributed by atoms with Crippen LogP contribution >= 0.6 is 0 Å². The van der Waals surface area contributed by atoms with E-state index >= 15 is 0 Å². The maximum atomic E-state index is 9.54. The Labute approximate surface area is 107 Å². The zero-order valence-electron chi connectivity index (χ0n) is 11.0. The molecule has 0 aliphatic heterocycles. The molecule has 1 aromatic carbocycles. The van der Waals surface area contributed by atoms with Gasteiger partial charge in [0.05, 0.1) is 5.69 Å². The van der Waals surface area contributed by atoms with Crippen molar-refractivity contribution in [2.75, 3.05) is 11.4 Å². The molecule has 0 radical (unpaired) electrons. The van der Waals surface area contributed by atoms with Crippen LogP contribution in [0.1, 0.15) is 23.9 Å². The molecule has 1 heterocycles. The van der Waals surface area contributed by atoms with Crippen LogP contribution in [0, 0.1) is 13.8 Å². The second-order valence-electron chi connectivity index (χ2n) is 4.34. The van der Waals surface area contributed by atoms with E-state index < -0.39 is 0 Å². The van der Waals surface area contributed by atoms with Gasteiger partial charge in [-0.3, -0.25) is 0 Å². The van der Waals surface area contributed by atoms with Crippen molar-refractivity contribution < 1.29 is 9.63 Å². The van der Waals surface area contributed by atoms with E-state index in [1.54, 1.807) is 12.1 Å². The van der Waals surface area contributed by atoms with Crippen LogP contribution in [0.15, 0.2) is 28.8 Å². The summed E-state index contributed by atoms with van der Waals surface area (Å²) in [6.07, 6.45) is 0. The Morgan fingerprint density at radius 1 is 1.33 bits per heavy atom. The average Bonchev–Trinajstić information content (AvgIpc) is 2.66. The molecule has 1 aromatic heterocycles. The van der Waals surface area contributed by atoms with Crippen LogP contribution in [0.2, 0.25) is 0 Å². The summed E-state index contributed by atoms with van der Waals surface area (Å²) in [5.41, 5.74) is 3.03. The van der Waals surface area contributed by atoms with Gasteiger partial charge in [-0.25, -0.2) is 0 Å². The topological polar surface area (TPSA) is 49.5 Å². The first-order valence-electron chi connectivity index (χ1n) is 6.07. The van der Waals surface area contributed by atoms with E-state index in [4.69, 9.17) is 4.52 Å². The van der Waals surface area contributed by atoms with Crippen LogP contribution in [0.3, 0.4) is 0 Å². The lowest BCUT2D eigenvalue weighted by atomic mass is 10.1. The number of phenols is 1. The van der Waals surface area contributed by atoms with Crippen LogP contribution in [-0.4, -0.2) is 16.8 Å². The van der Waals surface area contributed by atoms with Crippen molar-refractivity contribution in [3.63, 3.8) is 0 Å². The van der Waals surface area contributed by atoms with Crippen LogP contribution in [0.25, 0.3) is 0 Å². The summed E-state index contributed by atoms with van der Waals surface area (Å²) in [5.74, 6) is 1.14. The van der Waals surface area contributed by atoms with Crippen molar-refractivity contribution >= 4 is 5.69 Å². The lowest BCUT2D eigenvalue weighted by Gasteiger charge is -2.23. The maximum absolute atomic E-state index is 9.54. The number of nitrogens with zero attached hydrogens (tertiary/aromatic N) is 2. The Hall–Kier alpha value is -1.97. The molecule has 0 unspecified atom stereocenters. The predicted octanol–water partition coefficient (Wildman–Crippen LogP) is 3.02. The zero-order valence-corrected chi connectivity index (χ0v) is 11.0. The minimum Gasteiger partial charge on any atom is -0.508 e. The SMILES string of the molecule is CCN(Cc1c(C)noc1C)c1cccc(O)c1. The molecule has 4 heteroatoms. The van der Waals surface area contributed by atoms with Crippen LogP contribution in [0.4, 0.5) is 5.69 Å². The number of benzene rings is 1. The number of anilines is 1. The molecule has 0 spiro atoms. The van der Waals surface area contributed by atoms with Gasteiger partial charge < -0.3 is 14.5 Å². The molecule has 0 fully saturated rings. The van der Waals surface area contributed by atoms with Gasteiger partial charge in [0.15, 0.2) is 0 Å². The summed E-state index contributed by atoms with van der Waals surface area (Å²) >= 11 is 0. The molecule has 2 aromatic rings. The van der Waals surface area contributed by atoms with Crippen molar-refractivity contribution in [3.05, 3.63) is 41.3 Å². The highest BCUT2D eigenvalue weighted by Crippen LogP contribution is 2.23. The van der Waals surface area contributed by atoms with E-state index in [9.17, 15) is 5.11 Å². The standard InChI is InChI=1S/C14H18N2O2/c1-4-16(12-6-5-7-13(17)8-12)9-14-10(2)15-18-11(14)3/h5-8,17H,4,9H2,1-3H3. The van der Waals surface area contributed by atoms with Crippen molar-refractivity contribution in [2.24, 2.45) is 0 Å². The molecule has 0 aliphatic carbocycles. The normalized spacial score (nSPS) is 10.6. The highest BCUT2D eigenvalue weighted by molar-refractivity contribution is 5.51. The van der Waals surface area contributed by atoms with Gasteiger partial charge in [-0.05, 0) is 32.9 Å². The van der Waals surface area contributed by atoms with Crippen molar-refractivity contribution in [1.82, 2.24) is 5.16 Å². The monoisotopic (exact) mass is 246 g/mol. The molecule has 18 heavy (non-hydrogen) atoms. The van der Waals surface area contributed by atoms with Gasteiger partial charge in [0.1, 0.15) is 11.5 Å². The van der Waals surface area contributed by atoms with E-state index in [2.05, 4.69) is 17.0 Å². The minimum absolute atomic E-state index is 0.282. The van der Waals surface area contributed by atoms with Gasteiger partial charge in [-0.2, -0.15) is 0 Å². The van der Waals surface area contributed by atoms with E-state index in [-0.39, 0.29) is 5.75 Å². The second kappa shape index (κ2) is 5.12. The number of hydrogen-bond donors (Lipinski definition) is 1. The van der Waals surface area contributed by atoms with E-state index in [1.807, 2.05) is 26.0 Å². The van der Waals surface area contributed by atoms with Gasteiger partial charge in [0.2, 0.25) is 0 Å². The molecule has 0 amide bonds. The largest absolute Gasteiger partial charge is 0.508 e. The zero-order chi connectivity index (χ0) is 13.1. The molecular formula is C14H18N2O2. The smallest absolute Gasteiger partial charge is 0.138 e. The fraction of sp³-hybridized carbons (Fsp3) is 0.357. The molecule has 96 valence electrons. The Morgan fingerprint density at radius 3 is 2.67 bits per heavy atom. The Bertz CT molecular complexity index is 515. The third kappa shape index (κ3) is 2.47. The van der Waals surface area contributed by atoms with Gasteiger partial charge in [-0.15, -0.1) is 0 Å². The van der Waals surface area contributed by atoms with E-state index in [0.29, 0.717) is 0 Å². The summed E-state index contributed by atoms with van der Waals surface area (Å²) in [4.78, 5) is 2.17. The number of phenolic OH excluding ortho intramolecular Hbond substituents is 1. The summed E-state index contributed by atoms with van der Waals surface area (Å²) in [7, 11) is 0. The number of aromatic hydroxyl groups is 1. The first kappa shape index (κ1) is 12.5. The quantitative estimate of drug-likeness (QED) is 0.900. The summed E-state index contributed by atoms with van der Waals surface area (Å²) < 4.78 is 5.17. The van der Waals surface area contributed by atoms with Crippen LogP contribution in [-0.2, 0) is 6.54 Å². The summed E-state index contributed by atoms with van der Waals surface area (Å²) in [5, 5.41) is 13.5. The summed E-state index contributed by atoms with van der Waals surface area (Å²) in [6.45, 7) is 7.55. The maximum Gasteiger partial charge on any atom is 0.138 e. The Kier molecular flexibility index (Phi) is 3.55. The summed E-state index contributed by atoms with van der Waals surface area (Å²) in [6, 6.07) is 7.27. The number of hydrogen-bond acceptors (Lipinski definition) is 4. The fourth-order valence-electron chi connectivity index (χ4n) is 1.99. The first-order valence-corrected chi connectivity index (χ1v) is 6.07. The van der Waals surface area contributed by atoms with Gasteiger partial charge in [0, 0.05) is 30.4 Å². The third-order valence-corrected chi connectivity index (χ3v) is 3.11. The third-order valence-electron chi connectivity index (χ3n) is 3.11. The molecule has 0 atom stereocenters. The van der Waals surface area contributed by atoms with Crippen molar-refractivity contribution in [1.29, 1.82) is 0 Å². The molecule has 4 nitrogen and oxygen atoms in total. The van der Waals surface area contributed by atoms with E-state index in [0.717, 1.165) is 35.8 Å². The Balaban J connectivity index is 2.25. The number of rotatable bonds is 4. The number of aryl methyl sites for hydroxylation is 2. The number of aromatic nitrogens is 1. The molecule has 1 N–H and O–H groups in total. The molecule has 2 rings (SSSR count). The lowest BCUT2D eigenvalue weighted by molar-refractivity contribution is 0.392. The second-order valence-corrected chi connectivity index (χ2v) is 4.34. The van der Waals surface area contributed by atoms with Crippen molar-refractivity contribution in [3.8, 4) is 5.75 Å². The predicted molar refractivity (Wildman–Crippen MR) is 70.8 cm³/mol. The first-order chi connectivity index (χ1) is 8.61. The highest BCUT2D eigenvalue weighted by atomic mass is 16.5. The van der Waals surface area contributed by atoms with Gasteiger partial charge in [0.25, 0.3) is 0 Å². The fourth-order valence-corrected chi connectivity index (χ4v) is 1.99. The average molecular weight is 246 g/mol. The molecule has 0 bridgehead atoms. The molecular weight excluding hydrogens is 228 g/mol. The minimum atomic E-state index is 0.282. The lowest BCUT2D eigenvalue weighted by Crippen LogP contribution is -2.22. The van der Waals surface area contributed by atoms with Crippen molar-refractivity contribution in [2.45, 2.75) is 27.3 Å². The van der Waals surface area contributed by atoms with Crippen LogP contribution < -0.4 is 4.90 Å². The van der Waals surface area contributed by atoms with Crippen LogP contribution in [0.5, 0.6) is 5.75 Å². The highest BCUT2D eigenvalue weighted by Gasteiger charge is 2.13. The Morgan fingerprint density at radius 2 is 2.11 bits per heavy atom. The van der Waals surface area contributed by atoms with E-state index in [1.165, 1.54) is 0 Å². The molecule has 0 aliphatic rings.